The van der Waals surface area contributed by atoms with Crippen molar-refractivity contribution in [2.24, 2.45) is 5.92 Å². The normalized spacial score (nSPS) is 17.7. The molecule has 1 aliphatic rings. The first-order chi connectivity index (χ1) is 7.31. The molecule has 0 saturated heterocycles. The van der Waals surface area contributed by atoms with Crippen molar-refractivity contribution in [1.82, 2.24) is 15.3 Å². The molecule has 0 spiro atoms. The maximum atomic E-state index is 4.35. The predicted octanol–water partition coefficient (Wildman–Crippen LogP) is 2.01. The van der Waals surface area contributed by atoms with Crippen molar-refractivity contribution in [3.05, 3.63) is 21.8 Å². The Morgan fingerprint density at radius 3 is 3.00 bits per heavy atom. The molecule has 0 radical (unpaired) electrons. The second-order valence-corrected chi connectivity index (χ2v) is 5.19. The summed E-state index contributed by atoms with van der Waals surface area (Å²) in [6.07, 6.45) is 7.32. The van der Waals surface area contributed by atoms with Crippen LogP contribution in [0.3, 0.4) is 0 Å². The van der Waals surface area contributed by atoms with Crippen molar-refractivity contribution in [2.45, 2.75) is 32.2 Å². The van der Waals surface area contributed by atoms with Gasteiger partial charge in [0, 0.05) is 18.7 Å². The first-order valence-corrected chi connectivity index (χ1v) is 6.57. The summed E-state index contributed by atoms with van der Waals surface area (Å²) in [4.78, 5) is 8.37. The molecule has 1 saturated carbocycles. The molecule has 1 N–H and O–H groups in total. The molecule has 1 aromatic rings. The van der Waals surface area contributed by atoms with Gasteiger partial charge in [0.2, 0.25) is 0 Å². The SMILES string of the molecule is CCNC(Cc1ncncc1I)C1CC1. The summed E-state index contributed by atoms with van der Waals surface area (Å²) < 4.78 is 1.18. The van der Waals surface area contributed by atoms with E-state index >= 15 is 0 Å². The van der Waals surface area contributed by atoms with Gasteiger partial charge in [-0.1, -0.05) is 6.92 Å². The zero-order chi connectivity index (χ0) is 10.7. The van der Waals surface area contributed by atoms with E-state index in [9.17, 15) is 0 Å². The number of nitrogens with one attached hydrogen (secondary N) is 1. The molecule has 0 amide bonds. The number of hydrogen-bond donors (Lipinski definition) is 1. The van der Waals surface area contributed by atoms with Crippen LogP contribution in [-0.2, 0) is 6.42 Å². The van der Waals surface area contributed by atoms with Crippen molar-refractivity contribution in [1.29, 1.82) is 0 Å². The monoisotopic (exact) mass is 317 g/mol. The zero-order valence-corrected chi connectivity index (χ0v) is 11.1. The zero-order valence-electron chi connectivity index (χ0n) is 8.91. The molecule has 1 fully saturated rings. The molecule has 1 heterocycles. The number of likely N-dealkylation sites (N-methyl/N-ethyl adjacent to an activating group) is 1. The van der Waals surface area contributed by atoms with Crippen molar-refractivity contribution in [3.63, 3.8) is 0 Å². The van der Waals surface area contributed by atoms with E-state index < -0.39 is 0 Å². The Labute approximate surface area is 104 Å². The van der Waals surface area contributed by atoms with Crippen LogP contribution in [0.25, 0.3) is 0 Å². The Morgan fingerprint density at radius 2 is 2.40 bits per heavy atom. The summed E-state index contributed by atoms with van der Waals surface area (Å²) in [7, 11) is 0. The highest BCUT2D eigenvalue weighted by Crippen LogP contribution is 2.34. The van der Waals surface area contributed by atoms with Crippen LogP contribution >= 0.6 is 22.6 Å². The quantitative estimate of drug-likeness (QED) is 0.844. The number of halogens is 1. The summed E-state index contributed by atoms with van der Waals surface area (Å²) in [6.45, 7) is 3.21. The highest BCUT2D eigenvalue weighted by molar-refractivity contribution is 14.1. The minimum atomic E-state index is 0.610. The molecule has 0 aliphatic heterocycles. The lowest BCUT2D eigenvalue weighted by molar-refractivity contribution is 0.467. The van der Waals surface area contributed by atoms with Gasteiger partial charge in [-0.15, -0.1) is 0 Å². The number of hydrogen-bond acceptors (Lipinski definition) is 3. The predicted molar refractivity (Wildman–Crippen MR) is 68.6 cm³/mol. The molecule has 4 heteroatoms. The van der Waals surface area contributed by atoms with Gasteiger partial charge >= 0.3 is 0 Å². The van der Waals surface area contributed by atoms with Crippen LogP contribution in [0.2, 0.25) is 0 Å². The molecule has 0 aromatic carbocycles. The summed E-state index contributed by atoms with van der Waals surface area (Å²) in [5.74, 6) is 0.871. The van der Waals surface area contributed by atoms with Crippen molar-refractivity contribution < 1.29 is 0 Å². The van der Waals surface area contributed by atoms with E-state index in [2.05, 4.69) is 44.8 Å². The Balaban J connectivity index is 2.02. The first-order valence-electron chi connectivity index (χ1n) is 5.49. The highest BCUT2D eigenvalue weighted by atomic mass is 127. The van der Waals surface area contributed by atoms with Crippen LogP contribution in [0.4, 0.5) is 0 Å². The molecule has 1 atom stereocenters. The molecule has 1 aliphatic carbocycles. The molecular weight excluding hydrogens is 301 g/mol. The van der Waals surface area contributed by atoms with Gasteiger partial charge in [0.25, 0.3) is 0 Å². The van der Waals surface area contributed by atoms with Gasteiger partial charge in [-0.2, -0.15) is 0 Å². The fourth-order valence-electron chi connectivity index (χ4n) is 1.86. The van der Waals surface area contributed by atoms with E-state index in [1.54, 1.807) is 6.33 Å². The molecule has 0 bridgehead atoms. The largest absolute Gasteiger partial charge is 0.314 e. The third-order valence-electron chi connectivity index (χ3n) is 2.81. The third kappa shape index (κ3) is 3.11. The lowest BCUT2D eigenvalue weighted by atomic mass is 10.1. The Bertz CT molecular complexity index is 325. The van der Waals surface area contributed by atoms with Crippen LogP contribution in [0.1, 0.15) is 25.5 Å². The van der Waals surface area contributed by atoms with Gasteiger partial charge in [0.05, 0.1) is 9.26 Å². The van der Waals surface area contributed by atoms with Gasteiger partial charge in [-0.3, -0.25) is 0 Å². The summed E-state index contributed by atoms with van der Waals surface area (Å²) in [5, 5.41) is 3.56. The van der Waals surface area contributed by atoms with Crippen LogP contribution in [0.5, 0.6) is 0 Å². The van der Waals surface area contributed by atoms with Gasteiger partial charge in [0.1, 0.15) is 6.33 Å². The van der Waals surface area contributed by atoms with Gasteiger partial charge in [-0.25, -0.2) is 9.97 Å². The third-order valence-corrected chi connectivity index (χ3v) is 3.72. The van der Waals surface area contributed by atoms with Crippen LogP contribution < -0.4 is 5.32 Å². The summed E-state index contributed by atoms with van der Waals surface area (Å²) in [5.41, 5.74) is 1.18. The average molecular weight is 317 g/mol. The highest BCUT2D eigenvalue weighted by Gasteiger charge is 2.31. The Morgan fingerprint density at radius 1 is 1.60 bits per heavy atom. The molecule has 1 unspecified atom stereocenters. The molecule has 82 valence electrons. The minimum absolute atomic E-state index is 0.610. The molecule has 1 aromatic heterocycles. The second-order valence-electron chi connectivity index (χ2n) is 4.02. The van der Waals surface area contributed by atoms with Crippen molar-refractivity contribution in [3.8, 4) is 0 Å². The van der Waals surface area contributed by atoms with Crippen LogP contribution in [-0.4, -0.2) is 22.6 Å². The standard InChI is InChI=1S/C11H16IN3/c1-2-14-10(8-3-4-8)5-11-9(12)6-13-7-15-11/h6-8,10,14H,2-5H2,1H3. The lowest BCUT2D eigenvalue weighted by Gasteiger charge is -2.17. The van der Waals surface area contributed by atoms with E-state index in [0.29, 0.717) is 6.04 Å². The molecule has 3 nitrogen and oxygen atoms in total. The smallest absolute Gasteiger partial charge is 0.115 e. The molecule has 15 heavy (non-hydrogen) atoms. The Kier molecular flexibility index (Phi) is 3.91. The maximum Gasteiger partial charge on any atom is 0.115 e. The topological polar surface area (TPSA) is 37.8 Å². The summed E-state index contributed by atoms with van der Waals surface area (Å²) in [6, 6.07) is 0.610. The molecular formula is C11H16IN3. The van der Waals surface area contributed by atoms with Crippen LogP contribution in [0.15, 0.2) is 12.5 Å². The minimum Gasteiger partial charge on any atom is -0.314 e. The van der Waals surface area contributed by atoms with Gasteiger partial charge in [-0.05, 0) is 47.9 Å². The van der Waals surface area contributed by atoms with Crippen molar-refractivity contribution in [2.75, 3.05) is 6.54 Å². The number of rotatable bonds is 5. The average Bonchev–Trinajstić information content (AvgIpc) is 3.04. The number of nitrogens with zero attached hydrogens (tertiary/aromatic N) is 2. The van der Waals surface area contributed by atoms with Crippen LogP contribution in [0, 0.1) is 9.49 Å². The van der Waals surface area contributed by atoms with E-state index in [4.69, 9.17) is 0 Å². The van der Waals surface area contributed by atoms with E-state index in [-0.39, 0.29) is 0 Å². The second kappa shape index (κ2) is 5.21. The fourth-order valence-corrected chi connectivity index (χ4v) is 2.38. The van der Waals surface area contributed by atoms with E-state index in [1.807, 2.05) is 6.20 Å². The fraction of sp³-hybridized carbons (Fsp3) is 0.636. The first kappa shape index (κ1) is 11.3. The van der Waals surface area contributed by atoms with E-state index in [0.717, 1.165) is 18.9 Å². The van der Waals surface area contributed by atoms with Gasteiger partial charge in [0.15, 0.2) is 0 Å². The maximum absolute atomic E-state index is 4.35. The lowest BCUT2D eigenvalue weighted by Crippen LogP contribution is -2.33. The Hall–Kier alpha value is -0.230. The van der Waals surface area contributed by atoms with Gasteiger partial charge < -0.3 is 5.32 Å². The number of aromatic nitrogens is 2. The molecule has 2 rings (SSSR count). The van der Waals surface area contributed by atoms with E-state index in [1.165, 1.54) is 22.1 Å². The summed E-state index contributed by atoms with van der Waals surface area (Å²) >= 11 is 2.31. The van der Waals surface area contributed by atoms with Crippen molar-refractivity contribution >= 4 is 22.6 Å².